The van der Waals surface area contributed by atoms with Gasteiger partial charge in [0.05, 0.1) is 0 Å². The maximum atomic E-state index is 12.4. The number of nitrogens with two attached hydrogens (primary N) is 1. The van der Waals surface area contributed by atoms with E-state index in [9.17, 15) is 18.0 Å². The molecular weight excluding hydrogens is 221 g/mol. The van der Waals surface area contributed by atoms with Crippen molar-refractivity contribution < 1.29 is 18.0 Å². The van der Waals surface area contributed by atoms with Crippen molar-refractivity contribution in [1.82, 2.24) is 5.32 Å². The Morgan fingerprint density at radius 1 is 1.44 bits per heavy atom. The molecule has 0 radical (unpaired) electrons. The lowest BCUT2D eigenvalue weighted by Crippen LogP contribution is -2.61. The molecule has 0 aromatic carbocycles. The summed E-state index contributed by atoms with van der Waals surface area (Å²) in [7, 11) is 0. The molecule has 16 heavy (non-hydrogen) atoms. The molecule has 0 aromatic heterocycles. The summed E-state index contributed by atoms with van der Waals surface area (Å²) < 4.78 is 37.1. The fourth-order valence-corrected chi connectivity index (χ4v) is 1.48. The highest BCUT2D eigenvalue weighted by atomic mass is 19.4. The Kier molecular flexibility index (Phi) is 3.83. The molecule has 3 nitrogen and oxygen atoms in total. The van der Waals surface area contributed by atoms with Crippen molar-refractivity contribution in [3.63, 3.8) is 0 Å². The molecule has 1 atom stereocenters. The van der Waals surface area contributed by atoms with Gasteiger partial charge in [0.15, 0.2) is 5.54 Å². The van der Waals surface area contributed by atoms with Crippen molar-refractivity contribution in [2.45, 2.75) is 44.3 Å². The van der Waals surface area contributed by atoms with E-state index in [-0.39, 0.29) is 6.54 Å². The van der Waals surface area contributed by atoms with E-state index in [0.717, 1.165) is 19.3 Å². The van der Waals surface area contributed by atoms with Gasteiger partial charge in [-0.1, -0.05) is 19.3 Å². The van der Waals surface area contributed by atoms with Crippen LogP contribution < -0.4 is 11.1 Å². The lowest BCUT2D eigenvalue weighted by atomic mass is 9.83. The largest absolute Gasteiger partial charge is 0.415 e. The lowest BCUT2D eigenvalue weighted by Gasteiger charge is -2.28. The molecular formula is C10H17F3N2O. The Bertz CT molecular complexity index is 259. The van der Waals surface area contributed by atoms with Crippen LogP contribution in [0.5, 0.6) is 0 Å². The van der Waals surface area contributed by atoms with Crippen LogP contribution in [0.15, 0.2) is 0 Å². The number of halogens is 3. The van der Waals surface area contributed by atoms with E-state index < -0.39 is 17.6 Å². The first-order valence-corrected chi connectivity index (χ1v) is 5.39. The molecule has 0 heterocycles. The molecule has 0 aromatic rings. The quantitative estimate of drug-likeness (QED) is 0.781. The molecule has 1 amide bonds. The third kappa shape index (κ3) is 2.87. The van der Waals surface area contributed by atoms with Gasteiger partial charge in [-0.15, -0.1) is 0 Å². The molecule has 3 N–H and O–H groups in total. The predicted octanol–water partition coefficient (Wildman–Crippen LogP) is 1.57. The van der Waals surface area contributed by atoms with E-state index in [2.05, 4.69) is 5.32 Å². The third-order valence-corrected chi connectivity index (χ3v) is 3.12. The van der Waals surface area contributed by atoms with Gasteiger partial charge in [0.2, 0.25) is 5.91 Å². The van der Waals surface area contributed by atoms with Crippen LogP contribution in [-0.2, 0) is 4.79 Å². The van der Waals surface area contributed by atoms with Gasteiger partial charge in [-0.2, -0.15) is 13.2 Å². The second-order valence-electron chi connectivity index (χ2n) is 4.54. The highest BCUT2D eigenvalue weighted by Gasteiger charge is 2.53. The molecule has 1 saturated carbocycles. The smallest absolute Gasteiger partial charge is 0.354 e. The van der Waals surface area contributed by atoms with Crippen molar-refractivity contribution in [1.29, 1.82) is 0 Å². The fourth-order valence-electron chi connectivity index (χ4n) is 1.48. The molecule has 0 bridgehead atoms. The maximum absolute atomic E-state index is 12.4. The van der Waals surface area contributed by atoms with Crippen LogP contribution in [0.1, 0.15) is 32.6 Å². The van der Waals surface area contributed by atoms with Crippen molar-refractivity contribution in [3.8, 4) is 0 Å². The minimum Gasteiger partial charge on any atom is -0.354 e. The summed E-state index contributed by atoms with van der Waals surface area (Å²) in [6.45, 7) is 0.956. The Hall–Kier alpha value is -0.780. The lowest BCUT2D eigenvalue weighted by molar-refractivity contribution is -0.187. The molecule has 1 aliphatic carbocycles. The zero-order valence-corrected chi connectivity index (χ0v) is 9.23. The summed E-state index contributed by atoms with van der Waals surface area (Å²) in [4.78, 5) is 11.2. The van der Waals surface area contributed by atoms with Gasteiger partial charge in [-0.3, -0.25) is 4.79 Å². The van der Waals surface area contributed by atoms with Crippen LogP contribution in [-0.4, -0.2) is 24.2 Å². The van der Waals surface area contributed by atoms with Gasteiger partial charge in [0.25, 0.3) is 0 Å². The minimum absolute atomic E-state index is 0.270. The van der Waals surface area contributed by atoms with E-state index in [4.69, 9.17) is 5.73 Å². The van der Waals surface area contributed by atoms with Crippen molar-refractivity contribution in [2.75, 3.05) is 6.54 Å². The zero-order valence-electron chi connectivity index (χ0n) is 9.23. The van der Waals surface area contributed by atoms with Gasteiger partial charge in [0.1, 0.15) is 0 Å². The summed E-state index contributed by atoms with van der Waals surface area (Å²) in [5.41, 5.74) is 2.16. The van der Waals surface area contributed by atoms with Crippen molar-refractivity contribution in [2.24, 2.45) is 11.7 Å². The van der Waals surface area contributed by atoms with Gasteiger partial charge in [-0.25, -0.2) is 0 Å². The van der Waals surface area contributed by atoms with Crippen LogP contribution in [0.4, 0.5) is 13.2 Å². The van der Waals surface area contributed by atoms with E-state index >= 15 is 0 Å². The van der Waals surface area contributed by atoms with Crippen molar-refractivity contribution in [3.05, 3.63) is 0 Å². The Balaban J connectivity index is 2.33. The zero-order chi connectivity index (χ0) is 12.4. The highest BCUT2D eigenvalue weighted by molar-refractivity contribution is 5.86. The molecule has 6 heteroatoms. The first kappa shape index (κ1) is 13.3. The van der Waals surface area contributed by atoms with Crippen LogP contribution in [0, 0.1) is 5.92 Å². The van der Waals surface area contributed by atoms with Crippen molar-refractivity contribution >= 4 is 5.91 Å². The van der Waals surface area contributed by atoms with Gasteiger partial charge >= 0.3 is 6.18 Å². The number of rotatable bonds is 4. The Labute approximate surface area is 92.6 Å². The van der Waals surface area contributed by atoms with Crippen LogP contribution >= 0.6 is 0 Å². The van der Waals surface area contributed by atoms with Crippen LogP contribution in [0.3, 0.4) is 0 Å². The summed E-state index contributed by atoms with van der Waals surface area (Å²) >= 11 is 0. The van der Waals surface area contributed by atoms with Gasteiger partial charge in [0, 0.05) is 6.54 Å². The predicted molar refractivity (Wildman–Crippen MR) is 53.6 cm³/mol. The Morgan fingerprint density at radius 2 is 2.00 bits per heavy atom. The molecule has 1 rings (SSSR count). The third-order valence-electron chi connectivity index (χ3n) is 3.12. The van der Waals surface area contributed by atoms with Gasteiger partial charge < -0.3 is 11.1 Å². The number of alkyl halides is 3. The van der Waals surface area contributed by atoms with E-state index in [0.29, 0.717) is 12.8 Å². The molecule has 1 aliphatic rings. The normalized spacial score (nSPS) is 21.1. The summed E-state index contributed by atoms with van der Waals surface area (Å²) in [6.07, 6.45) is -0.590. The monoisotopic (exact) mass is 238 g/mol. The molecule has 0 saturated heterocycles. The number of hydrogen-bond donors (Lipinski definition) is 2. The molecule has 94 valence electrons. The first-order valence-electron chi connectivity index (χ1n) is 5.39. The number of carbonyl (C=O) groups is 1. The molecule has 0 spiro atoms. The second-order valence-corrected chi connectivity index (χ2v) is 4.54. The van der Waals surface area contributed by atoms with E-state index in [1.807, 2.05) is 0 Å². The topological polar surface area (TPSA) is 55.1 Å². The minimum atomic E-state index is -4.71. The first-order chi connectivity index (χ1) is 7.25. The average Bonchev–Trinajstić information content (AvgIpc) is 2.06. The average molecular weight is 238 g/mol. The number of amides is 1. The summed E-state index contributed by atoms with van der Waals surface area (Å²) in [6, 6.07) is 0. The maximum Gasteiger partial charge on any atom is 0.415 e. The molecule has 0 aliphatic heterocycles. The molecule has 1 unspecified atom stereocenters. The van der Waals surface area contributed by atoms with Gasteiger partial charge in [-0.05, 0) is 19.3 Å². The molecule has 1 fully saturated rings. The van der Waals surface area contributed by atoms with E-state index in [1.165, 1.54) is 6.42 Å². The highest BCUT2D eigenvalue weighted by Crippen LogP contribution is 2.30. The number of hydrogen-bond acceptors (Lipinski definition) is 2. The number of nitrogens with one attached hydrogen (secondary N) is 1. The second kappa shape index (κ2) is 4.61. The Morgan fingerprint density at radius 3 is 2.38 bits per heavy atom. The van der Waals surface area contributed by atoms with E-state index in [1.54, 1.807) is 0 Å². The standard InChI is InChI=1S/C10H17F3N2O/c1-9(14,10(11,12)13)8(16)15-6-5-7-3-2-4-7/h7H,2-6,14H2,1H3,(H,15,16). The number of carbonyl (C=O) groups excluding carboxylic acids is 1. The van der Waals surface area contributed by atoms with Crippen LogP contribution in [0.25, 0.3) is 0 Å². The van der Waals surface area contributed by atoms with Crippen LogP contribution in [0.2, 0.25) is 0 Å². The summed E-state index contributed by atoms with van der Waals surface area (Å²) in [5.74, 6) is -0.602. The fraction of sp³-hybridized carbons (Fsp3) is 0.900. The summed E-state index contributed by atoms with van der Waals surface area (Å²) in [5, 5.41) is 2.24. The SMILES string of the molecule is CC(N)(C(=O)NCCC1CCC1)C(F)(F)F.